The van der Waals surface area contributed by atoms with Gasteiger partial charge in [-0.15, -0.1) is 0 Å². The highest BCUT2D eigenvalue weighted by molar-refractivity contribution is 6.30. The number of hydrogen-bond acceptors (Lipinski definition) is 1. The molecule has 0 aliphatic carbocycles. The Morgan fingerprint density at radius 3 is 2.50 bits per heavy atom. The van der Waals surface area contributed by atoms with Crippen LogP contribution in [0.2, 0.25) is 5.02 Å². The highest BCUT2D eigenvalue weighted by Crippen LogP contribution is 2.20. The Hall–Kier alpha value is -1.28. The van der Waals surface area contributed by atoms with Gasteiger partial charge in [0.25, 0.3) is 0 Å². The molecule has 2 aromatic rings. The summed E-state index contributed by atoms with van der Waals surface area (Å²) in [6.45, 7) is 5.32. The standard InChI is InChI=1S/C13H15ClN2/c1-10(2)8-16-9-12(7-15-16)11-3-5-13(14)6-4-11/h3-7,9-10H,8H2,1-2H3. The summed E-state index contributed by atoms with van der Waals surface area (Å²) in [4.78, 5) is 0. The van der Waals surface area contributed by atoms with Gasteiger partial charge < -0.3 is 0 Å². The zero-order valence-electron chi connectivity index (χ0n) is 9.52. The third kappa shape index (κ3) is 2.64. The topological polar surface area (TPSA) is 17.8 Å². The average Bonchev–Trinajstić information content (AvgIpc) is 2.66. The largest absolute Gasteiger partial charge is 0.272 e. The summed E-state index contributed by atoms with van der Waals surface area (Å²) in [5, 5.41) is 5.10. The summed E-state index contributed by atoms with van der Waals surface area (Å²) in [7, 11) is 0. The first-order valence-electron chi connectivity index (χ1n) is 5.43. The van der Waals surface area contributed by atoms with Gasteiger partial charge >= 0.3 is 0 Å². The summed E-state index contributed by atoms with van der Waals surface area (Å²) in [6.07, 6.45) is 3.97. The molecule has 1 aromatic carbocycles. The molecule has 0 N–H and O–H groups in total. The molecule has 2 rings (SSSR count). The molecule has 0 fully saturated rings. The van der Waals surface area contributed by atoms with Crippen LogP contribution in [0.5, 0.6) is 0 Å². The molecule has 0 saturated carbocycles. The highest BCUT2D eigenvalue weighted by Gasteiger charge is 2.02. The molecule has 0 saturated heterocycles. The van der Waals surface area contributed by atoms with E-state index in [0.717, 1.165) is 22.7 Å². The monoisotopic (exact) mass is 234 g/mol. The van der Waals surface area contributed by atoms with Gasteiger partial charge in [0.15, 0.2) is 0 Å². The second-order valence-electron chi connectivity index (χ2n) is 4.35. The lowest BCUT2D eigenvalue weighted by atomic mass is 10.1. The van der Waals surface area contributed by atoms with E-state index in [-0.39, 0.29) is 0 Å². The molecule has 1 heterocycles. The molecule has 0 amide bonds. The third-order valence-corrected chi connectivity index (χ3v) is 2.61. The molecule has 3 heteroatoms. The Morgan fingerprint density at radius 2 is 1.88 bits per heavy atom. The summed E-state index contributed by atoms with van der Waals surface area (Å²) in [5.74, 6) is 0.609. The summed E-state index contributed by atoms with van der Waals surface area (Å²) >= 11 is 5.85. The van der Waals surface area contributed by atoms with E-state index in [2.05, 4.69) is 25.1 Å². The van der Waals surface area contributed by atoms with Crippen LogP contribution in [0, 0.1) is 5.92 Å². The van der Waals surface area contributed by atoms with Gasteiger partial charge in [-0.3, -0.25) is 4.68 Å². The smallest absolute Gasteiger partial charge is 0.0568 e. The highest BCUT2D eigenvalue weighted by atomic mass is 35.5. The second-order valence-corrected chi connectivity index (χ2v) is 4.79. The van der Waals surface area contributed by atoms with Crippen molar-refractivity contribution in [2.24, 2.45) is 5.92 Å². The van der Waals surface area contributed by atoms with E-state index >= 15 is 0 Å². The Kier molecular flexibility index (Phi) is 3.30. The van der Waals surface area contributed by atoms with E-state index < -0.39 is 0 Å². The zero-order valence-corrected chi connectivity index (χ0v) is 10.3. The molecule has 0 atom stereocenters. The van der Waals surface area contributed by atoms with Crippen molar-refractivity contribution in [2.75, 3.05) is 0 Å². The fourth-order valence-corrected chi connectivity index (χ4v) is 1.75. The Morgan fingerprint density at radius 1 is 1.19 bits per heavy atom. The zero-order chi connectivity index (χ0) is 11.5. The summed E-state index contributed by atoms with van der Waals surface area (Å²) in [5.41, 5.74) is 2.29. The number of aromatic nitrogens is 2. The lowest BCUT2D eigenvalue weighted by molar-refractivity contribution is 0.483. The number of benzene rings is 1. The molecule has 0 aliphatic heterocycles. The third-order valence-electron chi connectivity index (χ3n) is 2.36. The van der Waals surface area contributed by atoms with Crippen LogP contribution in [0.3, 0.4) is 0 Å². The molecular formula is C13H15ClN2. The number of halogens is 1. The van der Waals surface area contributed by atoms with Crippen molar-refractivity contribution in [1.82, 2.24) is 9.78 Å². The van der Waals surface area contributed by atoms with Gasteiger partial charge in [0.1, 0.15) is 0 Å². The summed E-state index contributed by atoms with van der Waals surface area (Å²) < 4.78 is 1.98. The van der Waals surface area contributed by atoms with E-state index in [0.29, 0.717) is 5.92 Å². The quantitative estimate of drug-likeness (QED) is 0.789. The Labute approximate surface area is 101 Å². The van der Waals surface area contributed by atoms with Crippen LogP contribution in [0.15, 0.2) is 36.7 Å². The van der Waals surface area contributed by atoms with E-state index in [1.165, 1.54) is 0 Å². The van der Waals surface area contributed by atoms with Gasteiger partial charge in [0.05, 0.1) is 6.20 Å². The molecule has 0 unspecified atom stereocenters. The minimum Gasteiger partial charge on any atom is -0.272 e. The number of rotatable bonds is 3. The van der Waals surface area contributed by atoms with Crippen LogP contribution in [0.1, 0.15) is 13.8 Å². The van der Waals surface area contributed by atoms with Crippen molar-refractivity contribution < 1.29 is 0 Å². The molecule has 0 radical (unpaired) electrons. The van der Waals surface area contributed by atoms with Crippen LogP contribution >= 0.6 is 11.6 Å². The molecule has 0 spiro atoms. The molecule has 84 valence electrons. The van der Waals surface area contributed by atoms with Crippen molar-refractivity contribution >= 4 is 11.6 Å². The predicted octanol–water partition coefficient (Wildman–Crippen LogP) is 3.86. The van der Waals surface area contributed by atoms with Crippen molar-refractivity contribution in [1.29, 1.82) is 0 Å². The molecular weight excluding hydrogens is 220 g/mol. The normalized spacial score (nSPS) is 11.0. The second kappa shape index (κ2) is 4.71. The first kappa shape index (κ1) is 11.2. The van der Waals surface area contributed by atoms with Gasteiger partial charge in [-0.1, -0.05) is 37.6 Å². The lowest BCUT2D eigenvalue weighted by Crippen LogP contribution is -2.03. The van der Waals surface area contributed by atoms with Crippen LogP contribution < -0.4 is 0 Å². The predicted molar refractivity (Wildman–Crippen MR) is 67.5 cm³/mol. The van der Waals surface area contributed by atoms with Crippen LogP contribution in [-0.4, -0.2) is 9.78 Å². The van der Waals surface area contributed by atoms with Crippen LogP contribution in [0.4, 0.5) is 0 Å². The van der Waals surface area contributed by atoms with E-state index in [4.69, 9.17) is 11.6 Å². The van der Waals surface area contributed by atoms with Crippen molar-refractivity contribution in [3.05, 3.63) is 41.7 Å². The SMILES string of the molecule is CC(C)Cn1cc(-c2ccc(Cl)cc2)cn1. The van der Waals surface area contributed by atoms with Gasteiger partial charge in [-0.25, -0.2) is 0 Å². The first-order valence-corrected chi connectivity index (χ1v) is 5.81. The molecule has 1 aromatic heterocycles. The lowest BCUT2D eigenvalue weighted by Gasteiger charge is -2.03. The molecule has 16 heavy (non-hydrogen) atoms. The fourth-order valence-electron chi connectivity index (χ4n) is 1.63. The number of nitrogens with zero attached hydrogens (tertiary/aromatic N) is 2. The molecule has 0 bridgehead atoms. The van der Waals surface area contributed by atoms with Crippen molar-refractivity contribution in [3.8, 4) is 11.1 Å². The minimum absolute atomic E-state index is 0.609. The molecule has 2 nitrogen and oxygen atoms in total. The maximum atomic E-state index is 5.85. The van der Waals surface area contributed by atoms with E-state index in [1.54, 1.807) is 0 Å². The fraction of sp³-hybridized carbons (Fsp3) is 0.308. The van der Waals surface area contributed by atoms with Gasteiger partial charge in [-0.2, -0.15) is 5.10 Å². The summed E-state index contributed by atoms with van der Waals surface area (Å²) in [6, 6.07) is 7.82. The number of hydrogen-bond donors (Lipinski definition) is 0. The van der Waals surface area contributed by atoms with Gasteiger partial charge in [0.2, 0.25) is 0 Å². The van der Waals surface area contributed by atoms with Crippen molar-refractivity contribution in [2.45, 2.75) is 20.4 Å². The minimum atomic E-state index is 0.609. The maximum Gasteiger partial charge on any atom is 0.0568 e. The maximum absolute atomic E-state index is 5.85. The molecule has 0 aliphatic rings. The van der Waals surface area contributed by atoms with E-state index in [1.807, 2.05) is 35.1 Å². The first-order chi connectivity index (χ1) is 7.65. The van der Waals surface area contributed by atoms with Crippen LogP contribution in [-0.2, 0) is 6.54 Å². The average molecular weight is 235 g/mol. The van der Waals surface area contributed by atoms with E-state index in [9.17, 15) is 0 Å². The van der Waals surface area contributed by atoms with Crippen LogP contribution in [0.25, 0.3) is 11.1 Å². The Bertz CT molecular complexity index is 457. The van der Waals surface area contributed by atoms with Gasteiger partial charge in [-0.05, 0) is 23.6 Å². The Balaban J connectivity index is 2.21. The van der Waals surface area contributed by atoms with Crippen molar-refractivity contribution in [3.63, 3.8) is 0 Å². The van der Waals surface area contributed by atoms with Gasteiger partial charge in [0, 0.05) is 23.3 Å².